The van der Waals surface area contributed by atoms with Crippen molar-refractivity contribution < 1.29 is 24.2 Å². The summed E-state index contributed by atoms with van der Waals surface area (Å²) in [5, 5.41) is 17.1. The molecule has 3 atom stereocenters. The van der Waals surface area contributed by atoms with Crippen LogP contribution in [0.5, 0.6) is 0 Å². The lowest BCUT2D eigenvalue weighted by atomic mass is 9.90. The number of ether oxygens (including phenoxy) is 1. The normalized spacial score (nSPS) is 22.1. The van der Waals surface area contributed by atoms with Gasteiger partial charge in [-0.25, -0.2) is 9.97 Å². The van der Waals surface area contributed by atoms with E-state index in [1.807, 2.05) is 35.2 Å². The number of carbonyl (C=O) groups is 3. The molecule has 0 radical (unpaired) electrons. The van der Waals surface area contributed by atoms with Gasteiger partial charge in [-0.1, -0.05) is 20.4 Å². The van der Waals surface area contributed by atoms with Crippen LogP contribution in [0.25, 0.3) is 11.3 Å². The molecule has 5 aliphatic heterocycles. The second kappa shape index (κ2) is 19.2. The Kier molecular flexibility index (Phi) is 12.8. The quantitative estimate of drug-likeness (QED) is 0.123. The molecule has 1 unspecified atom stereocenters. The molecule has 3 saturated heterocycles. The number of amides is 3. The van der Waals surface area contributed by atoms with E-state index < -0.39 is 6.61 Å². The number of piperazine rings is 1. The highest BCUT2D eigenvalue weighted by molar-refractivity contribution is 6.06. The Hall–Kier alpha value is -6.82. The number of carbonyl (C=O) groups excluding carboxylic acids is 3. The molecule has 8 heterocycles. The van der Waals surface area contributed by atoms with Crippen molar-refractivity contribution >= 4 is 52.1 Å². The fourth-order valence-electron chi connectivity index (χ4n) is 12.7. The minimum absolute atomic E-state index is 0.0473. The van der Waals surface area contributed by atoms with Gasteiger partial charge in [-0.2, -0.15) is 0 Å². The molecule has 5 aromatic rings. The van der Waals surface area contributed by atoms with Gasteiger partial charge in [-0.05, 0) is 124 Å². The van der Waals surface area contributed by atoms with E-state index in [9.17, 15) is 24.3 Å². The molecular weight excluding hydrogens is 923 g/mol. The Morgan fingerprint density at radius 2 is 1.70 bits per heavy atom. The number of nitrogens with one attached hydrogen (secondary N) is 2. The van der Waals surface area contributed by atoms with Gasteiger partial charge in [-0.15, -0.1) is 0 Å². The van der Waals surface area contributed by atoms with E-state index in [0.717, 1.165) is 81.5 Å². The summed E-state index contributed by atoms with van der Waals surface area (Å²) in [5.74, 6) is 0.0384. The number of fused-ring (bicyclic) bond motifs is 4. The summed E-state index contributed by atoms with van der Waals surface area (Å²) in [5.41, 5.74) is 9.38. The van der Waals surface area contributed by atoms with Crippen molar-refractivity contribution in [1.82, 2.24) is 28.9 Å². The second-order valence-electron chi connectivity index (χ2n) is 21.8. The molecule has 6 aliphatic rings. The molecule has 382 valence electrons. The van der Waals surface area contributed by atoms with E-state index in [2.05, 4.69) is 81.3 Å². The molecule has 11 rings (SSSR count). The van der Waals surface area contributed by atoms with Crippen LogP contribution in [0.4, 0.5) is 34.4 Å². The average molecular weight is 990 g/mol. The number of aryl methyl sites for hydroxylation is 1. The number of hydrogen-bond donors (Lipinski definition) is 3. The van der Waals surface area contributed by atoms with Crippen LogP contribution < -0.4 is 30.9 Å². The lowest BCUT2D eigenvalue weighted by Gasteiger charge is -2.48. The topological polar surface area (TPSA) is 174 Å². The van der Waals surface area contributed by atoms with E-state index in [-0.39, 0.29) is 46.6 Å². The van der Waals surface area contributed by atoms with Gasteiger partial charge in [-0.3, -0.25) is 29.0 Å². The van der Waals surface area contributed by atoms with Gasteiger partial charge in [0, 0.05) is 136 Å². The largest absolute Gasteiger partial charge is 0.392 e. The summed E-state index contributed by atoms with van der Waals surface area (Å²) < 4.78 is 9.15. The maximum Gasteiger partial charge on any atom is 0.293 e. The molecule has 3 fully saturated rings. The number of nitrogens with zero attached hydrogens (tertiary/aromatic N) is 9. The highest BCUT2D eigenvalue weighted by atomic mass is 16.5. The maximum absolute atomic E-state index is 14.1. The van der Waals surface area contributed by atoms with Gasteiger partial charge in [0.2, 0.25) is 5.91 Å². The SMILES string of the molecule is C=CC(=O)Nc1cc(Nc2nc(-c3ccnc(N4CCn5c(cc6c5CC(C)(C)C6)C4=O)c3CO)cn(C)c2=O)ccc1N1CCN(C2CCN(c3ccc4c(c3)CN(C3CCOCC3)C4=O)[C@H](C)C2)C[C@@H]1C. The number of hydrogen-bond acceptors (Lipinski definition) is 12. The zero-order valence-electron chi connectivity index (χ0n) is 42.7. The first-order valence-electron chi connectivity index (χ1n) is 26.0. The fraction of sp³-hybridized carbons (Fsp3) is 0.464. The van der Waals surface area contributed by atoms with Crippen molar-refractivity contribution in [3.63, 3.8) is 0 Å². The van der Waals surface area contributed by atoms with Crippen molar-refractivity contribution in [2.75, 3.05) is 71.3 Å². The monoisotopic (exact) mass is 990 g/mol. The number of benzene rings is 2. The highest BCUT2D eigenvalue weighted by Gasteiger charge is 2.39. The van der Waals surface area contributed by atoms with E-state index >= 15 is 0 Å². The van der Waals surface area contributed by atoms with Crippen LogP contribution >= 0.6 is 0 Å². The third kappa shape index (κ3) is 8.98. The number of piperidine rings is 1. The maximum atomic E-state index is 14.1. The van der Waals surface area contributed by atoms with Gasteiger partial charge in [0.15, 0.2) is 5.82 Å². The summed E-state index contributed by atoms with van der Waals surface area (Å²) in [4.78, 5) is 74.7. The molecule has 2 aromatic carbocycles. The first-order valence-corrected chi connectivity index (χ1v) is 26.0. The third-order valence-electron chi connectivity index (χ3n) is 16.3. The van der Waals surface area contributed by atoms with Gasteiger partial charge < -0.3 is 44.3 Å². The lowest BCUT2D eigenvalue weighted by molar-refractivity contribution is -0.111. The highest BCUT2D eigenvalue weighted by Crippen LogP contribution is 2.41. The Bertz CT molecular complexity index is 3080. The van der Waals surface area contributed by atoms with E-state index in [4.69, 9.17) is 9.72 Å². The van der Waals surface area contributed by atoms with Gasteiger partial charge >= 0.3 is 0 Å². The van der Waals surface area contributed by atoms with Crippen molar-refractivity contribution in [2.24, 2.45) is 12.5 Å². The molecule has 73 heavy (non-hydrogen) atoms. The van der Waals surface area contributed by atoms with Gasteiger partial charge in [0.25, 0.3) is 17.4 Å². The summed E-state index contributed by atoms with van der Waals surface area (Å²) in [6.07, 6.45) is 10.2. The molecule has 3 amide bonds. The molecule has 0 spiro atoms. The van der Waals surface area contributed by atoms with Gasteiger partial charge in [0.1, 0.15) is 11.5 Å². The van der Waals surface area contributed by atoms with Crippen LogP contribution in [0.15, 0.2) is 78.4 Å². The van der Waals surface area contributed by atoms with Crippen LogP contribution in [0.3, 0.4) is 0 Å². The van der Waals surface area contributed by atoms with Crippen molar-refractivity contribution in [1.29, 1.82) is 0 Å². The Morgan fingerprint density at radius 1 is 0.877 bits per heavy atom. The van der Waals surface area contributed by atoms with E-state index in [1.165, 1.54) is 27.6 Å². The predicted octanol–water partition coefficient (Wildman–Crippen LogP) is 6.49. The summed E-state index contributed by atoms with van der Waals surface area (Å²) in [6.45, 7) is 18.9. The summed E-state index contributed by atoms with van der Waals surface area (Å²) in [6, 6.07) is 17.0. The minimum atomic E-state index is -0.405. The van der Waals surface area contributed by atoms with Crippen LogP contribution in [0.1, 0.15) is 96.6 Å². The minimum Gasteiger partial charge on any atom is -0.392 e. The Labute approximate surface area is 426 Å². The molecule has 17 heteroatoms. The number of aliphatic hydroxyl groups excluding tert-OH is 1. The molecule has 0 saturated carbocycles. The number of aromatic nitrogens is 4. The van der Waals surface area contributed by atoms with Crippen LogP contribution in [0, 0.1) is 5.41 Å². The molecule has 3 N–H and O–H groups in total. The van der Waals surface area contributed by atoms with Crippen molar-refractivity contribution in [3.8, 4) is 11.3 Å². The average Bonchev–Trinajstić information content (AvgIpc) is 4.01. The van der Waals surface area contributed by atoms with Crippen molar-refractivity contribution in [3.05, 3.63) is 118 Å². The molecule has 1 aliphatic carbocycles. The zero-order valence-corrected chi connectivity index (χ0v) is 42.7. The number of anilines is 6. The molecule has 3 aromatic heterocycles. The molecular formula is C56H67N11O6. The van der Waals surface area contributed by atoms with Crippen LogP contribution in [-0.2, 0) is 49.1 Å². The zero-order chi connectivity index (χ0) is 50.9. The van der Waals surface area contributed by atoms with Crippen molar-refractivity contribution in [2.45, 2.75) is 110 Å². The number of aliphatic hydroxyl groups is 1. The third-order valence-corrected chi connectivity index (χ3v) is 16.3. The van der Waals surface area contributed by atoms with E-state index in [0.29, 0.717) is 84.6 Å². The standard InChI is InChI=1S/C56H67N11O6/c1-7-50(69)59-45-27-38(58-51-55(72)61(6)32-46(60-51)43-12-16-57-52(44(43)33-68)66-21-20-65-48(54(66)71)26-36-28-56(4,5)29-49(36)65)8-11-47(45)64-19-18-62(30-35(64)3)40-13-17-63(34(2)24-40)41-9-10-42-37(25-41)31-67(53(42)70)39-14-22-73-23-15-39/h7-12,16,25-27,32,34-35,39-40,68H,1,13-15,17-24,28-31,33H2,2-6H3,(H,58,60)(H,59,69)/t34-,35+,40?/m1/s1. The first kappa shape index (κ1) is 48.4. The van der Waals surface area contributed by atoms with E-state index in [1.54, 1.807) is 30.4 Å². The second-order valence-corrected chi connectivity index (χ2v) is 21.8. The number of pyridine rings is 1. The number of rotatable bonds is 11. The van der Waals surface area contributed by atoms with Crippen LogP contribution in [-0.4, -0.2) is 122 Å². The van der Waals surface area contributed by atoms with Crippen LogP contribution in [0.2, 0.25) is 0 Å². The molecule has 0 bridgehead atoms. The summed E-state index contributed by atoms with van der Waals surface area (Å²) in [7, 11) is 1.64. The first-order chi connectivity index (χ1) is 35.2. The lowest BCUT2D eigenvalue weighted by Crippen LogP contribution is -2.58. The van der Waals surface area contributed by atoms with Gasteiger partial charge in [0.05, 0.1) is 23.7 Å². The predicted molar refractivity (Wildman–Crippen MR) is 283 cm³/mol. The fourth-order valence-corrected chi connectivity index (χ4v) is 12.7. The molecule has 17 nitrogen and oxygen atoms in total. The Morgan fingerprint density at radius 3 is 2.47 bits per heavy atom. The summed E-state index contributed by atoms with van der Waals surface area (Å²) >= 11 is 0. The smallest absolute Gasteiger partial charge is 0.293 e. The Balaban J connectivity index is 0.777.